The van der Waals surface area contributed by atoms with Crippen LogP contribution in [-0.4, -0.2) is 22.1 Å². The van der Waals surface area contributed by atoms with E-state index in [0.29, 0.717) is 24.2 Å². The van der Waals surface area contributed by atoms with E-state index >= 15 is 0 Å². The molecule has 130 valence electrons. The number of aromatic nitrogens is 2. The summed E-state index contributed by atoms with van der Waals surface area (Å²) in [6.07, 6.45) is 4.82. The third kappa shape index (κ3) is 2.57. The summed E-state index contributed by atoms with van der Waals surface area (Å²) in [6.45, 7) is 7.49. The minimum Gasteiger partial charge on any atom is -0.464 e. The number of fused-ring (bicyclic) bond motifs is 3. The standard InChI is InChI=1S/C18H24N2O3S/c1-5-13-19-15-14(11-9-7-8-10-12(11)24-15)16(21)20(13)18(3,4)17(22)23-6-2/h5-10H2,1-4H3. The molecule has 24 heavy (non-hydrogen) atoms. The molecule has 2 heterocycles. The Morgan fingerprint density at radius 1 is 1.29 bits per heavy atom. The van der Waals surface area contributed by atoms with Crippen molar-refractivity contribution in [2.75, 3.05) is 6.61 Å². The average molecular weight is 348 g/mol. The lowest BCUT2D eigenvalue weighted by Crippen LogP contribution is -2.45. The summed E-state index contributed by atoms with van der Waals surface area (Å²) in [5.41, 5.74) is -0.0209. The van der Waals surface area contributed by atoms with E-state index in [9.17, 15) is 9.59 Å². The summed E-state index contributed by atoms with van der Waals surface area (Å²) in [6, 6.07) is 0. The first-order valence-electron chi connectivity index (χ1n) is 8.65. The van der Waals surface area contributed by atoms with Gasteiger partial charge in [0.1, 0.15) is 16.2 Å². The Morgan fingerprint density at radius 3 is 2.67 bits per heavy atom. The lowest BCUT2D eigenvalue weighted by molar-refractivity contribution is -0.152. The van der Waals surface area contributed by atoms with Crippen LogP contribution in [-0.2, 0) is 34.3 Å². The minimum atomic E-state index is -1.07. The van der Waals surface area contributed by atoms with Crippen molar-refractivity contribution >= 4 is 27.5 Å². The van der Waals surface area contributed by atoms with Crippen molar-refractivity contribution in [2.24, 2.45) is 0 Å². The van der Waals surface area contributed by atoms with Gasteiger partial charge in [0.2, 0.25) is 0 Å². The Morgan fingerprint density at radius 2 is 2.00 bits per heavy atom. The maximum absolute atomic E-state index is 13.3. The number of rotatable bonds is 4. The molecular weight excluding hydrogens is 324 g/mol. The Hall–Kier alpha value is -1.69. The lowest BCUT2D eigenvalue weighted by atomic mass is 9.97. The van der Waals surface area contributed by atoms with E-state index < -0.39 is 11.5 Å². The van der Waals surface area contributed by atoms with Gasteiger partial charge in [0, 0.05) is 11.3 Å². The number of ether oxygens (including phenoxy) is 1. The van der Waals surface area contributed by atoms with Crippen molar-refractivity contribution in [3.8, 4) is 0 Å². The van der Waals surface area contributed by atoms with Gasteiger partial charge in [-0.1, -0.05) is 6.92 Å². The maximum atomic E-state index is 13.3. The number of carbonyl (C=O) groups excluding carboxylic acids is 1. The molecule has 0 N–H and O–H groups in total. The largest absolute Gasteiger partial charge is 0.464 e. The Bertz CT molecular complexity index is 848. The first-order chi connectivity index (χ1) is 11.4. The number of esters is 1. The van der Waals surface area contributed by atoms with Gasteiger partial charge in [-0.2, -0.15) is 0 Å². The van der Waals surface area contributed by atoms with E-state index in [2.05, 4.69) is 0 Å². The van der Waals surface area contributed by atoms with Gasteiger partial charge >= 0.3 is 5.97 Å². The van der Waals surface area contributed by atoms with Crippen molar-refractivity contribution in [2.45, 2.75) is 65.3 Å². The van der Waals surface area contributed by atoms with Gasteiger partial charge in [-0.3, -0.25) is 9.36 Å². The zero-order valence-corrected chi connectivity index (χ0v) is 15.6. The molecule has 5 nitrogen and oxygen atoms in total. The lowest BCUT2D eigenvalue weighted by Gasteiger charge is -2.27. The van der Waals surface area contributed by atoms with E-state index in [0.717, 1.165) is 29.7 Å². The topological polar surface area (TPSA) is 61.2 Å². The number of hydrogen-bond donors (Lipinski definition) is 0. The number of nitrogens with zero attached hydrogens (tertiary/aromatic N) is 2. The second kappa shape index (κ2) is 6.31. The van der Waals surface area contributed by atoms with Crippen LogP contribution in [0.1, 0.15) is 56.8 Å². The van der Waals surface area contributed by atoms with Crippen molar-refractivity contribution in [1.82, 2.24) is 9.55 Å². The number of hydrogen-bond acceptors (Lipinski definition) is 5. The Balaban J connectivity index is 2.29. The molecule has 2 aromatic heterocycles. The van der Waals surface area contributed by atoms with Crippen molar-refractivity contribution in [1.29, 1.82) is 0 Å². The molecule has 6 heteroatoms. The summed E-state index contributed by atoms with van der Waals surface area (Å²) in [4.78, 5) is 32.6. The molecule has 3 rings (SSSR count). The third-order valence-electron chi connectivity index (χ3n) is 4.71. The van der Waals surface area contributed by atoms with Gasteiger partial charge in [0.05, 0.1) is 12.0 Å². The molecule has 0 radical (unpaired) electrons. The quantitative estimate of drug-likeness (QED) is 0.796. The Labute approximate surface area is 145 Å². The molecule has 0 spiro atoms. The van der Waals surface area contributed by atoms with Crippen LogP contribution >= 0.6 is 11.3 Å². The van der Waals surface area contributed by atoms with Gasteiger partial charge in [-0.25, -0.2) is 9.78 Å². The second-order valence-electron chi connectivity index (χ2n) is 6.69. The highest BCUT2D eigenvalue weighted by atomic mass is 32.1. The van der Waals surface area contributed by atoms with Crippen LogP contribution in [0.4, 0.5) is 0 Å². The van der Waals surface area contributed by atoms with Crippen LogP contribution in [0.15, 0.2) is 4.79 Å². The maximum Gasteiger partial charge on any atom is 0.331 e. The van der Waals surface area contributed by atoms with E-state index in [1.165, 1.54) is 11.3 Å². The smallest absolute Gasteiger partial charge is 0.331 e. The van der Waals surface area contributed by atoms with Crippen LogP contribution < -0.4 is 5.56 Å². The highest BCUT2D eigenvalue weighted by Gasteiger charge is 2.36. The summed E-state index contributed by atoms with van der Waals surface area (Å²) in [7, 11) is 0. The molecule has 0 saturated carbocycles. The zero-order valence-electron chi connectivity index (χ0n) is 14.8. The molecular formula is C18H24N2O3S. The SMILES string of the molecule is CCOC(=O)C(C)(C)n1c(CC)nc2sc3c(c2c1=O)CCCC3. The average Bonchev–Trinajstić information content (AvgIpc) is 2.93. The van der Waals surface area contributed by atoms with Gasteiger partial charge < -0.3 is 4.74 Å². The van der Waals surface area contributed by atoms with Gasteiger partial charge in [0.15, 0.2) is 0 Å². The fraction of sp³-hybridized carbons (Fsp3) is 0.611. The third-order valence-corrected chi connectivity index (χ3v) is 5.89. The predicted octanol–water partition coefficient (Wildman–Crippen LogP) is 3.20. The molecule has 0 bridgehead atoms. The monoisotopic (exact) mass is 348 g/mol. The van der Waals surface area contributed by atoms with Crippen molar-refractivity contribution in [3.63, 3.8) is 0 Å². The zero-order chi connectivity index (χ0) is 17.5. The fourth-order valence-electron chi connectivity index (χ4n) is 3.46. The molecule has 2 aromatic rings. The summed E-state index contributed by atoms with van der Waals surface area (Å²) >= 11 is 1.64. The van der Waals surface area contributed by atoms with Crippen LogP contribution in [0, 0.1) is 0 Å². The molecule has 0 atom stereocenters. The van der Waals surface area contributed by atoms with Crippen LogP contribution in [0.2, 0.25) is 0 Å². The Kier molecular flexibility index (Phi) is 4.51. The number of aryl methyl sites for hydroxylation is 3. The molecule has 1 aliphatic rings. The highest BCUT2D eigenvalue weighted by Crippen LogP contribution is 2.34. The number of carbonyl (C=O) groups is 1. The molecule has 0 amide bonds. The molecule has 0 fully saturated rings. The molecule has 0 aliphatic heterocycles. The highest BCUT2D eigenvalue weighted by molar-refractivity contribution is 7.18. The van der Waals surface area contributed by atoms with Crippen LogP contribution in [0.3, 0.4) is 0 Å². The van der Waals surface area contributed by atoms with E-state index in [-0.39, 0.29) is 5.56 Å². The van der Waals surface area contributed by atoms with Gasteiger partial charge in [-0.15, -0.1) is 11.3 Å². The van der Waals surface area contributed by atoms with Crippen molar-refractivity contribution < 1.29 is 9.53 Å². The van der Waals surface area contributed by atoms with Crippen molar-refractivity contribution in [3.05, 3.63) is 26.6 Å². The van der Waals surface area contributed by atoms with Gasteiger partial charge in [0.25, 0.3) is 5.56 Å². The predicted molar refractivity (Wildman–Crippen MR) is 95.9 cm³/mol. The number of thiophene rings is 1. The summed E-state index contributed by atoms with van der Waals surface area (Å²) < 4.78 is 6.75. The molecule has 0 saturated heterocycles. The first kappa shape index (κ1) is 17.1. The van der Waals surface area contributed by atoms with E-state index in [4.69, 9.17) is 9.72 Å². The second-order valence-corrected chi connectivity index (χ2v) is 7.78. The normalized spacial score (nSPS) is 14.7. The van der Waals surface area contributed by atoms with E-state index in [1.54, 1.807) is 36.7 Å². The van der Waals surface area contributed by atoms with E-state index in [1.807, 2.05) is 6.92 Å². The minimum absolute atomic E-state index is 0.102. The summed E-state index contributed by atoms with van der Waals surface area (Å²) in [5.74, 6) is 0.246. The van der Waals surface area contributed by atoms with Crippen LogP contribution in [0.5, 0.6) is 0 Å². The fourth-order valence-corrected chi connectivity index (χ4v) is 4.73. The van der Waals surface area contributed by atoms with Gasteiger partial charge in [-0.05, 0) is 52.0 Å². The summed E-state index contributed by atoms with van der Waals surface area (Å²) in [5, 5.41) is 0.712. The molecule has 0 aromatic carbocycles. The molecule has 1 aliphatic carbocycles. The first-order valence-corrected chi connectivity index (χ1v) is 9.47. The van der Waals surface area contributed by atoms with Crippen LogP contribution in [0.25, 0.3) is 10.2 Å². The molecule has 0 unspecified atom stereocenters.